The first-order valence-corrected chi connectivity index (χ1v) is 6.22. The maximum Gasteiger partial charge on any atom is 0.254 e. The van der Waals surface area contributed by atoms with Gasteiger partial charge in [0.1, 0.15) is 5.82 Å². The lowest BCUT2D eigenvalue weighted by molar-refractivity contribution is 0.0730. The zero-order chi connectivity index (χ0) is 12.2. The molecule has 1 saturated carbocycles. The molecule has 1 aliphatic carbocycles. The van der Waals surface area contributed by atoms with Crippen molar-refractivity contribution in [2.75, 3.05) is 0 Å². The van der Waals surface area contributed by atoms with Gasteiger partial charge in [0.25, 0.3) is 5.91 Å². The molecule has 0 spiro atoms. The molecule has 1 amide bonds. The van der Waals surface area contributed by atoms with Crippen molar-refractivity contribution in [3.63, 3.8) is 0 Å². The van der Waals surface area contributed by atoms with E-state index in [0.717, 1.165) is 24.0 Å². The summed E-state index contributed by atoms with van der Waals surface area (Å²) in [6, 6.07) is 3.26. The van der Waals surface area contributed by atoms with Crippen molar-refractivity contribution in [3.05, 3.63) is 34.6 Å². The highest BCUT2D eigenvalue weighted by Gasteiger charge is 2.37. The van der Waals surface area contributed by atoms with Crippen molar-refractivity contribution in [1.29, 1.82) is 0 Å². The Morgan fingerprint density at radius 3 is 2.65 bits per heavy atom. The van der Waals surface area contributed by atoms with Gasteiger partial charge in [-0.25, -0.2) is 4.39 Å². The van der Waals surface area contributed by atoms with Crippen LogP contribution in [0.25, 0.3) is 0 Å². The SMILES string of the molecule is CC(C)N1Cc2c(ccc(F)c2C2CC2)C1=O. The molecule has 0 bridgehead atoms. The number of fused-ring (bicyclic) bond motifs is 1. The number of hydrogen-bond acceptors (Lipinski definition) is 1. The van der Waals surface area contributed by atoms with Gasteiger partial charge in [-0.3, -0.25) is 4.79 Å². The van der Waals surface area contributed by atoms with Crippen molar-refractivity contribution >= 4 is 5.91 Å². The molecule has 0 radical (unpaired) electrons. The third-order valence-corrected chi connectivity index (χ3v) is 3.73. The van der Waals surface area contributed by atoms with Gasteiger partial charge in [0, 0.05) is 18.2 Å². The van der Waals surface area contributed by atoms with Gasteiger partial charge in [0.15, 0.2) is 0 Å². The number of benzene rings is 1. The fourth-order valence-corrected chi connectivity index (χ4v) is 2.63. The first-order valence-electron chi connectivity index (χ1n) is 6.22. The molecular weight excluding hydrogens is 217 g/mol. The largest absolute Gasteiger partial charge is 0.332 e. The van der Waals surface area contributed by atoms with Crippen LogP contribution in [-0.2, 0) is 6.54 Å². The minimum absolute atomic E-state index is 0.0527. The summed E-state index contributed by atoms with van der Waals surface area (Å²) in [5.74, 6) is 0.270. The van der Waals surface area contributed by atoms with E-state index in [4.69, 9.17) is 0 Å². The van der Waals surface area contributed by atoms with Crippen molar-refractivity contribution in [1.82, 2.24) is 4.90 Å². The number of halogens is 1. The molecule has 0 atom stereocenters. The standard InChI is InChI=1S/C14H16FNO/c1-8(2)16-7-11-10(14(16)17)5-6-12(15)13(11)9-3-4-9/h5-6,8-9H,3-4,7H2,1-2H3. The average Bonchev–Trinajstić information content (AvgIpc) is 3.03. The highest BCUT2D eigenvalue weighted by molar-refractivity contribution is 5.99. The molecule has 1 aromatic rings. The zero-order valence-corrected chi connectivity index (χ0v) is 10.2. The van der Waals surface area contributed by atoms with Gasteiger partial charge >= 0.3 is 0 Å². The van der Waals surface area contributed by atoms with Crippen molar-refractivity contribution < 1.29 is 9.18 Å². The Bertz CT molecular complexity index is 491. The molecule has 3 heteroatoms. The summed E-state index contributed by atoms with van der Waals surface area (Å²) < 4.78 is 13.9. The Balaban J connectivity index is 2.09. The third-order valence-electron chi connectivity index (χ3n) is 3.73. The molecule has 1 aliphatic heterocycles. The number of carbonyl (C=O) groups excluding carboxylic acids is 1. The van der Waals surface area contributed by atoms with E-state index in [1.807, 2.05) is 18.7 Å². The normalized spacial score (nSPS) is 19.1. The van der Waals surface area contributed by atoms with Gasteiger partial charge in [-0.15, -0.1) is 0 Å². The summed E-state index contributed by atoms with van der Waals surface area (Å²) in [5.41, 5.74) is 2.45. The zero-order valence-electron chi connectivity index (χ0n) is 10.2. The summed E-state index contributed by atoms with van der Waals surface area (Å²) in [5, 5.41) is 0. The third kappa shape index (κ3) is 1.56. The Morgan fingerprint density at radius 1 is 1.35 bits per heavy atom. The molecule has 1 heterocycles. The Kier molecular flexibility index (Phi) is 2.25. The molecule has 90 valence electrons. The topological polar surface area (TPSA) is 20.3 Å². The smallest absolute Gasteiger partial charge is 0.254 e. The molecule has 1 aromatic carbocycles. The molecule has 0 saturated heterocycles. The second-order valence-corrected chi connectivity index (χ2v) is 5.29. The van der Waals surface area contributed by atoms with Gasteiger partial charge in [0.2, 0.25) is 0 Å². The summed E-state index contributed by atoms with van der Waals surface area (Å²) in [4.78, 5) is 14.0. The summed E-state index contributed by atoms with van der Waals surface area (Å²) in [7, 11) is 0. The monoisotopic (exact) mass is 233 g/mol. The summed E-state index contributed by atoms with van der Waals surface area (Å²) >= 11 is 0. The minimum Gasteiger partial charge on any atom is -0.332 e. The second kappa shape index (κ2) is 3.56. The van der Waals surface area contributed by atoms with Crippen LogP contribution < -0.4 is 0 Å². The summed E-state index contributed by atoms with van der Waals surface area (Å²) in [6.45, 7) is 4.57. The predicted octanol–water partition coefficient (Wildman–Crippen LogP) is 3.07. The Hall–Kier alpha value is -1.38. The Morgan fingerprint density at radius 2 is 2.06 bits per heavy atom. The van der Waals surface area contributed by atoms with Crippen LogP contribution in [-0.4, -0.2) is 16.8 Å². The van der Waals surface area contributed by atoms with E-state index in [9.17, 15) is 9.18 Å². The molecule has 3 rings (SSSR count). The van der Waals surface area contributed by atoms with Crippen molar-refractivity contribution in [2.45, 2.75) is 45.2 Å². The number of hydrogen-bond donors (Lipinski definition) is 0. The van der Waals surface area contributed by atoms with Gasteiger partial charge in [0.05, 0.1) is 0 Å². The van der Waals surface area contributed by atoms with Crippen LogP contribution in [0.3, 0.4) is 0 Å². The summed E-state index contributed by atoms with van der Waals surface area (Å²) in [6.07, 6.45) is 2.12. The van der Waals surface area contributed by atoms with Gasteiger partial charge in [-0.1, -0.05) is 0 Å². The van der Waals surface area contributed by atoms with E-state index < -0.39 is 0 Å². The number of amides is 1. The van der Waals surface area contributed by atoms with Crippen molar-refractivity contribution in [3.8, 4) is 0 Å². The van der Waals surface area contributed by atoms with E-state index in [2.05, 4.69) is 0 Å². The van der Waals surface area contributed by atoms with Crippen LogP contribution in [0.4, 0.5) is 4.39 Å². The molecule has 1 fully saturated rings. The second-order valence-electron chi connectivity index (χ2n) is 5.29. The lowest BCUT2D eigenvalue weighted by Gasteiger charge is -2.20. The molecule has 0 unspecified atom stereocenters. The van der Waals surface area contributed by atoms with Crippen LogP contribution in [0.2, 0.25) is 0 Å². The van der Waals surface area contributed by atoms with Crippen LogP contribution in [0.1, 0.15) is 54.1 Å². The van der Waals surface area contributed by atoms with Crippen LogP contribution in [0.15, 0.2) is 12.1 Å². The molecular formula is C14H16FNO. The molecule has 17 heavy (non-hydrogen) atoms. The van der Waals surface area contributed by atoms with E-state index in [-0.39, 0.29) is 17.8 Å². The molecule has 0 N–H and O–H groups in total. The maximum atomic E-state index is 13.9. The van der Waals surface area contributed by atoms with E-state index in [1.165, 1.54) is 6.07 Å². The van der Waals surface area contributed by atoms with Crippen LogP contribution >= 0.6 is 0 Å². The lowest BCUT2D eigenvalue weighted by Crippen LogP contribution is -2.30. The van der Waals surface area contributed by atoms with E-state index >= 15 is 0 Å². The van der Waals surface area contributed by atoms with Crippen LogP contribution in [0, 0.1) is 5.82 Å². The highest BCUT2D eigenvalue weighted by Crippen LogP contribution is 2.45. The number of nitrogens with zero attached hydrogens (tertiary/aromatic N) is 1. The van der Waals surface area contributed by atoms with Gasteiger partial charge in [-0.2, -0.15) is 0 Å². The quantitative estimate of drug-likeness (QED) is 0.768. The predicted molar refractivity (Wildman–Crippen MR) is 63.4 cm³/mol. The van der Waals surface area contributed by atoms with Gasteiger partial charge < -0.3 is 4.90 Å². The minimum atomic E-state index is -0.135. The van der Waals surface area contributed by atoms with E-state index in [1.54, 1.807) is 6.07 Å². The highest BCUT2D eigenvalue weighted by atomic mass is 19.1. The Labute approximate surface area is 100 Å². The van der Waals surface area contributed by atoms with Gasteiger partial charge in [-0.05, 0) is 55.9 Å². The first-order chi connectivity index (χ1) is 8.09. The number of rotatable bonds is 2. The molecule has 2 nitrogen and oxygen atoms in total. The number of carbonyl (C=O) groups is 1. The van der Waals surface area contributed by atoms with Crippen molar-refractivity contribution in [2.24, 2.45) is 0 Å². The molecule has 0 aromatic heterocycles. The molecule has 2 aliphatic rings. The lowest BCUT2D eigenvalue weighted by atomic mass is 9.99. The maximum absolute atomic E-state index is 13.9. The van der Waals surface area contributed by atoms with Crippen LogP contribution in [0.5, 0.6) is 0 Å². The first kappa shape index (κ1) is 10.8. The fraction of sp³-hybridized carbons (Fsp3) is 0.500. The average molecular weight is 233 g/mol. The van der Waals surface area contributed by atoms with E-state index in [0.29, 0.717) is 18.0 Å². The fourth-order valence-electron chi connectivity index (χ4n) is 2.63.